The van der Waals surface area contributed by atoms with Gasteiger partial charge in [-0.25, -0.2) is 0 Å². The molecule has 0 bridgehead atoms. The van der Waals surface area contributed by atoms with Crippen LogP contribution in [0.3, 0.4) is 0 Å². The van der Waals surface area contributed by atoms with E-state index in [4.69, 9.17) is 5.11 Å². The zero-order valence-electron chi connectivity index (χ0n) is 10.5. The van der Waals surface area contributed by atoms with Gasteiger partial charge in [-0.15, -0.1) is 0 Å². The van der Waals surface area contributed by atoms with Crippen molar-refractivity contribution in [3.05, 3.63) is 53.9 Å². The number of rotatable bonds is 4. The Hall–Kier alpha value is -2.07. The minimum Gasteiger partial charge on any atom is -0.392 e. The molecule has 1 fully saturated rings. The molecule has 2 N–H and O–H groups in total. The first kappa shape index (κ1) is 12.0. The van der Waals surface area contributed by atoms with Crippen molar-refractivity contribution in [1.82, 2.24) is 4.57 Å². The van der Waals surface area contributed by atoms with E-state index in [0.29, 0.717) is 11.7 Å². The summed E-state index contributed by atoms with van der Waals surface area (Å²) in [6.45, 7) is 0.0127. The summed E-state index contributed by atoms with van der Waals surface area (Å²) in [5.74, 6) is -0.0892. The van der Waals surface area contributed by atoms with E-state index in [0.717, 1.165) is 24.1 Å². The Morgan fingerprint density at radius 2 is 2.00 bits per heavy atom. The van der Waals surface area contributed by atoms with Crippen molar-refractivity contribution in [2.45, 2.75) is 25.5 Å². The number of hydrogen-bond acceptors (Lipinski definition) is 2. The Kier molecular flexibility index (Phi) is 3.09. The molecule has 98 valence electrons. The van der Waals surface area contributed by atoms with Gasteiger partial charge >= 0.3 is 0 Å². The lowest BCUT2D eigenvalue weighted by Gasteiger charge is -2.09. The van der Waals surface area contributed by atoms with Gasteiger partial charge in [-0.2, -0.15) is 0 Å². The Balaban J connectivity index is 1.74. The number of aliphatic hydroxyl groups excluding tert-OH is 1. The van der Waals surface area contributed by atoms with Crippen LogP contribution in [0.2, 0.25) is 0 Å². The summed E-state index contributed by atoms with van der Waals surface area (Å²) in [5, 5.41) is 11.9. The summed E-state index contributed by atoms with van der Waals surface area (Å²) >= 11 is 0. The van der Waals surface area contributed by atoms with Gasteiger partial charge in [0, 0.05) is 17.9 Å². The first-order valence-corrected chi connectivity index (χ1v) is 6.46. The molecule has 0 radical (unpaired) electrons. The van der Waals surface area contributed by atoms with Crippen LogP contribution in [-0.2, 0) is 6.61 Å². The Labute approximate surface area is 111 Å². The largest absolute Gasteiger partial charge is 0.392 e. The van der Waals surface area contributed by atoms with Gasteiger partial charge in [-0.3, -0.25) is 4.79 Å². The molecule has 3 rings (SSSR count). The van der Waals surface area contributed by atoms with E-state index in [1.165, 1.54) is 0 Å². The van der Waals surface area contributed by atoms with Crippen molar-refractivity contribution in [1.29, 1.82) is 0 Å². The molecule has 1 aliphatic carbocycles. The van der Waals surface area contributed by atoms with Crippen molar-refractivity contribution in [2.24, 2.45) is 0 Å². The standard InChI is InChI=1S/C15H16N2O2/c18-10-11-3-5-12(6-4-11)16-15(19)14-2-1-9-17(14)13-7-8-13/h1-6,9,13,18H,7-8,10H2,(H,16,19). The maximum Gasteiger partial charge on any atom is 0.272 e. The van der Waals surface area contributed by atoms with E-state index >= 15 is 0 Å². The van der Waals surface area contributed by atoms with Crippen molar-refractivity contribution >= 4 is 11.6 Å². The zero-order chi connectivity index (χ0) is 13.2. The van der Waals surface area contributed by atoms with Gasteiger partial charge in [0.2, 0.25) is 0 Å². The predicted molar refractivity (Wildman–Crippen MR) is 73.0 cm³/mol. The monoisotopic (exact) mass is 256 g/mol. The molecule has 1 aliphatic rings. The van der Waals surface area contributed by atoms with E-state index in [1.54, 1.807) is 24.3 Å². The first-order chi connectivity index (χ1) is 9.28. The smallest absolute Gasteiger partial charge is 0.272 e. The van der Waals surface area contributed by atoms with Gasteiger partial charge in [-0.05, 0) is 42.7 Å². The lowest BCUT2D eigenvalue weighted by molar-refractivity contribution is 0.101. The third-order valence-electron chi connectivity index (χ3n) is 3.35. The number of aliphatic hydroxyl groups is 1. The number of anilines is 1. The molecular weight excluding hydrogens is 240 g/mol. The molecule has 19 heavy (non-hydrogen) atoms. The molecular formula is C15H16N2O2. The minimum atomic E-state index is -0.0892. The Morgan fingerprint density at radius 3 is 2.63 bits per heavy atom. The maximum absolute atomic E-state index is 12.2. The van der Waals surface area contributed by atoms with E-state index in [2.05, 4.69) is 5.32 Å². The number of carbonyl (C=O) groups excluding carboxylic acids is 1. The fourth-order valence-corrected chi connectivity index (χ4v) is 2.15. The third-order valence-corrected chi connectivity index (χ3v) is 3.35. The van der Waals surface area contributed by atoms with Gasteiger partial charge in [0.1, 0.15) is 5.69 Å². The normalized spacial score (nSPS) is 14.4. The first-order valence-electron chi connectivity index (χ1n) is 6.46. The molecule has 4 nitrogen and oxygen atoms in total. The summed E-state index contributed by atoms with van der Waals surface area (Å²) in [4.78, 5) is 12.2. The second-order valence-electron chi connectivity index (χ2n) is 4.84. The second-order valence-corrected chi connectivity index (χ2v) is 4.84. The van der Waals surface area contributed by atoms with Gasteiger partial charge in [0.05, 0.1) is 6.61 Å². The third kappa shape index (κ3) is 2.53. The van der Waals surface area contributed by atoms with Crippen LogP contribution >= 0.6 is 0 Å². The van der Waals surface area contributed by atoms with E-state index < -0.39 is 0 Å². The van der Waals surface area contributed by atoms with Crippen LogP contribution in [0.15, 0.2) is 42.6 Å². The van der Waals surface area contributed by atoms with Crippen molar-refractivity contribution in [2.75, 3.05) is 5.32 Å². The predicted octanol–water partition coefficient (Wildman–Crippen LogP) is 2.57. The number of benzene rings is 1. The van der Waals surface area contributed by atoms with Gasteiger partial charge in [0.15, 0.2) is 0 Å². The quantitative estimate of drug-likeness (QED) is 0.883. The van der Waals surface area contributed by atoms with Crippen LogP contribution in [0.1, 0.15) is 34.9 Å². The molecule has 1 heterocycles. The number of amides is 1. The number of hydrogen-bond donors (Lipinski definition) is 2. The van der Waals surface area contributed by atoms with Gasteiger partial charge in [0.25, 0.3) is 5.91 Å². The number of carbonyl (C=O) groups is 1. The van der Waals surface area contributed by atoms with Crippen LogP contribution in [-0.4, -0.2) is 15.6 Å². The van der Waals surface area contributed by atoms with Crippen molar-refractivity contribution in [3.8, 4) is 0 Å². The highest BCUT2D eigenvalue weighted by Crippen LogP contribution is 2.36. The Bertz CT molecular complexity index is 582. The number of nitrogens with zero attached hydrogens (tertiary/aromatic N) is 1. The number of nitrogens with one attached hydrogen (secondary N) is 1. The van der Waals surface area contributed by atoms with Crippen LogP contribution in [0.25, 0.3) is 0 Å². The minimum absolute atomic E-state index is 0.0127. The maximum atomic E-state index is 12.2. The summed E-state index contributed by atoms with van der Waals surface area (Å²) in [6.07, 6.45) is 4.27. The van der Waals surface area contributed by atoms with Crippen LogP contribution in [0.4, 0.5) is 5.69 Å². The van der Waals surface area contributed by atoms with Gasteiger partial charge in [-0.1, -0.05) is 12.1 Å². The highest BCUT2D eigenvalue weighted by molar-refractivity contribution is 6.03. The molecule has 0 saturated heterocycles. The second kappa shape index (κ2) is 4.90. The summed E-state index contributed by atoms with van der Waals surface area (Å²) in [5.41, 5.74) is 2.28. The summed E-state index contributed by atoms with van der Waals surface area (Å²) in [6, 6.07) is 11.4. The molecule has 1 saturated carbocycles. The summed E-state index contributed by atoms with van der Waals surface area (Å²) < 4.78 is 2.04. The average molecular weight is 256 g/mol. The molecule has 1 amide bonds. The molecule has 1 aromatic heterocycles. The molecule has 1 aromatic carbocycles. The lowest BCUT2D eigenvalue weighted by Crippen LogP contribution is -2.16. The molecule has 2 aromatic rings. The number of aromatic nitrogens is 1. The SMILES string of the molecule is O=C(Nc1ccc(CO)cc1)c1cccn1C1CC1. The van der Waals surface area contributed by atoms with Crippen molar-refractivity contribution < 1.29 is 9.90 Å². The average Bonchev–Trinajstić information content (AvgIpc) is 3.16. The van der Waals surface area contributed by atoms with E-state index in [1.807, 2.05) is 22.9 Å². The van der Waals surface area contributed by atoms with Crippen LogP contribution in [0.5, 0.6) is 0 Å². The van der Waals surface area contributed by atoms with E-state index in [9.17, 15) is 4.79 Å². The molecule has 0 unspecified atom stereocenters. The van der Waals surface area contributed by atoms with E-state index in [-0.39, 0.29) is 12.5 Å². The lowest BCUT2D eigenvalue weighted by atomic mass is 10.2. The highest BCUT2D eigenvalue weighted by atomic mass is 16.3. The van der Waals surface area contributed by atoms with Gasteiger partial charge < -0.3 is 15.0 Å². The topological polar surface area (TPSA) is 54.3 Å². The Morgan fingerprint density at radius 1 is 1.26 bits per heavy atom. The van der Waals surface area contributed by atoms with Crippen LogP contribution in [0, 0.1) is 0 Å². The van der Waals surface area contributed by atoms with Crippen LogP contribution < -0.4 is 5.32 Å². The highest BCUT2D eigenvalue weighted by Gasteiger charge is 2.26. The zero-order valence-corrected chi connectivity index (χ0v) is 10.5. The molecule has 0 spiro atoms. The fourth-order valence-electron chi connectivity index (χ4n) is 2.15. The fraction of sp³-hybridized carbons (Fsp3) is 0.267. The summed E-state index contributed by atoms with van der Waals surface area (Å²) in [7, 11) is 0. The molecule has 0 atom stereocenters. The molecule has 0 aliphatic heterocycles. The molecule has 4 heteroatoms. The van der Waals surface area contributed by atoms with Crippen molar-refractivity contribution in [3.63, 3.8) is 0 Å².